The first kappa shape index (κ1) is 19.8. The quantitative estimate of drug-likeness (QED) is 0.472. The van der Waals surface area contributed by atoms with Crippen LogP contribution in [0.1, 0.15) is 65.7 Å². The lowest BCUT2D eigenvalue weighted by Gasteiger charge is -2.29. The highest BCUT2D eigenvalue weighted by atomic mass is 16.4. The first-order valence-corrected chi connectivity index (χ1v) is 7.35. The SMILES string of the molecule is CC(=O)[O-].CCCCCCCC[N+](C)(C)CCC. The minimum atomic E-state index is -1.08. The van der Waals surface area contributed by atoms with Gasteiger partial charge in [-0.1, -0.05) is 39.5 Å². The molecule has 0 aliphatic rings. The molecule has 0 bridgehead atoms. The second-order valence-corrected chi connectivity index (χ2v) is 5.64. The number of aliphatic carboxylic acids is 1. The molecular weight excluding hydrogens is 226 g/mol. The number of carbonyl (C=O) groups excluding carboxylic acids is 1. The Labute approximate surface area is 114 Å². The van der Waals surface area contributed by atoms with E-state index in [1.54, 1.807) is 0 Å². The number of unbranched alkanes of at least 4 members (excludes halogenated alkanes) is 5. The fraction of sp³-hybridized carbons (Fsp3) is 0.933. The molecule has 0 aromatic heterocycles. The topological polar surface area (TPSA) is 40.1 Å². The van der Waals surface area contributed by atoms with Gasteiger partial charge in [-0.05, 0) is 26.2 Å². The van der Waals surface area contributed by atoms with Gasteiger partial charge >= 0.3 is 0 Å². The summed E-state index contributed by atoms with van der Waals surface area (Å²) in [7, 11) is 4.71. The minimum Gasteiger partial charge on any atom is -0.550 e. The summed E-state index contributed by atoms with van der Waals surface area (Å²) < 4.78 is 1.21. The van der Waals surface area contributed by atoms with Crippen molar-refractivity contribution in [1.82, 2.24) is 0 Å². The Balaban J connectivity index is 0. The molecule has 0 atom stereocenters. The van der Waals surface area contributed by atoms with Crippen LogP contribution in [0.3, 0.4) is 0 Å². The zero-order valence-electron chi connectivity index (χ0n) is 13.1. The van der Waals surface area contributed by atoms with Gasteiger partial charge in [0.25, 0.3) is 0 Å². The molecule has 0 aromatic rings. The standard InChI is InChI=1S/C13H30N.C2H4O2/c1-5-7-8-9-10-11-13-14(3,4)12-6-2;1-2(3)4/h5-13H2,1-4H3;1H3,(H,3,4)/q+1;/p-1. The molecule has 0 N–H and O–H groups in total. The molecule has 3 heteroatoms. The second-order valence-electron chi connectivity index (χ2n) is 5.64. The summed E-state index contributed by atoms with van der Waals surface area (Å²) in [6.45, 7) is 8.22. The van der Waals surface area contributed by atoms with Gasteiger partial charge in [-0.3, -0.25) is 0 Å². The van der Waals surface area contributed by atoms with Crippen molar-refractivity contribution in [3.8, 4) is 0 Å². The monoisotopic (exact) mass is 259 g/mol. The molecule has 0 rings (SSSR count). The number of rotatable bonds is 9. The van der Waals surface area contributed by atoms with E-state index >= 15 is 0 Å². The summed E-state index contributed by atoms with van der Waals surface area (Å²) in [5.41, 5.74) is 0. The molecule has 0 fully saturated rings. The van der Waals surface area contributed by atoms with E-state index in [-0.39, 0.29) is 0 Å². The number of carbonyl (C=O) groups is 1. The zero-order chi connectivity index (χ0) is 14.4. The normalized spacial score (nSPS) is 10.7. The predicted molar refractivity (Wildman–Crippen MR) is 76.2 cm³/mol. The van der Waals surface area contributed by atoms with Gasteiger partial charge in [0.15, 0.2) is 0 Å². The van der Waals surface area contributed by atoms with E-state index in [9.17, 15) is 0 Å². The summed E-state index contributed by atoms with van der Waals surface area (Å²) in [6, 6.07) is 0. The highest BCUT2D eigenvalue weighted by Crippen LogP contribution is 2.08. The second kappa shape index (κ2) is 12.9. The minimum absolute atomic E-state index is 0.972. The van der Waals surface area contributed by atoms with Crippen LogP contribution in [-0.4, -0.2) is 37.6 Å². The van der Waals surface area contributed by atoms with Crippen LogP contribution in [0.5, 0.6) is 0 Å². The Kier molecular flexibility index (Phi) is 14.1. The number of hydrogen-bond donors (Lipinski definition) is 0. The van der Waals surface area contributed by atoms with Crippen LogP contribution in [0.2, 0.25) is 0 Å². The fourth-order valence-electron chi connectivity index (χ4n) is 2.04. The number of carboxylic acid groups (broad SMARTS) is 1. The maximum Gasteiger partial charge on any atom is 0.0782 e. The van der Waals surface area contributed by atoms with Gasteiger partial charge in [0.05, 0.1) is 27.2 Å². The summed E-state index contributed by atoms with van der Waals surface area (Å²) in [5, 5.41) is 8.89. The summed E-state index contributed by atoms with van der Waals surface area (Å²) in [6.07, 6.45) is 9.83. The summed E-state index contributed by atoms with van der Waals surface area (Å²) in [4.78, 5) is 8.89. The van der Waals surface area contributed by atoms with Crippen LogP contribution in [0.25, 0.3) is 0 Å². The average molecular weight is 259 g/mol. The van der Waals surface area contributed by atoms with Crippen LogP contribution in [0.15, 0.2) is 0 Å². The van der Waals surface area contributed by atoms with E-state index in [1.165, 1.54) is 62.5 Å². The van der Waals surface area contributed by atoms with Crippen LogP contribution >= 0.6 is 0 Å². The van der Waals surface area contributed by atoms with Crippen LogP contribution in [0, 0.1) is 0 Å². The third-order valence-corrected chi connectivity index (χ3v) is 2.95. The zero-order valence-corrected chi connectivity index (χ0v) is 13.1. The Morgan fingerprint density at radius 1 is 0.889 bits per heavy atom. The molecule has 0 heterocycles. The first-order chi connectivity index (χ1) is 8.35. The third kappa shape index (κ3) is 20.8. The summed E-state index contributed by atoms with van der Waals surface area (Å²) in [5.74, 6) is -1.08. The van der Waals surface area contributed by atoms with Crippen molar-refractivity contribution in [3.63, 3.8) is 0 Å². The van der Waals surface area contributed by atoms with Gasteiger partial charge in [-0.2, -0.15) is 0 Å². The van der Waals surface area contributed by atoms with Crippen molar-refractivity contribution in [2.24, 2.45) is 0 Å². The van der Waals surface area contributed by atoms with Crippen LogP contribution in [-0.2, 0) is 4.79 Å². The van der Waals surface area contributed by atoms with Crippen molar-refractivity contribution in [2.45, 2.75) is 65.7 Å². The number of quaternary nitrogens is 1. The molecule has 0 aromatic carbocycles. The van der Waals surface area contributed by atoms with E-state index in [0.717, 1.165) is 6.92 Å². The molecule has 0 saturated heterocycles. The molecule has 0 unspecified atom stereocenters. The predicted octanol–water partition coefficient (Wildman–Crippen LogP) is 2.59. The lowest BCUT2D eigenvalue weighted by atomic mass is 10.1. The van der Waals surface area contributed by atoms with Gasteiger partial charge < -0.3 is 14.4 Å². The van der Waals surface area contributed by atoms with Gasteiger partial charge in [0, 0.05) is 5.97 Å². The lowest BCUT2D eigenvalue weighted by Crippen LogP contribution is -2.40. The van der Waals surface area contributed by atoms with Gasteiger partial charge in [-0.15, -0.1) is 0 Å². The molecule has 0 saturated carbocycles. The molecule has 0 aliphatic carbocycles. The van der Waals surface area contributed by atoms with E-state index in [2.05, 4.69) is 27.9 Å². The van der Waals surface area contributed by atoms with Crippen molar-refractivity contribution in [1.29, 1.82) is 0 Å². The summed E-state index contributed by atoms with van der Waals surface area (Å²) >= 11 is 0. The van der Waals surface area contributed by atoms with E-state index in [0.29, 0.717) is 0 Å². The van der Waals surface area contributed by atoms with Crippen molar-refractivity contribution >= 4 is 5.97 Å². The molecule has 0 spiro atoms. The molecule has 0 radical (unpaired) electrons. The van der Waals surface area contributed by atoms with Crippen molar-refractivity contribution < 1.29 is 14.4 Å². The maximum atomic E-state index is 8.89. The fourth-order valence-corrected chi connectivity index (χ4v) is 2.04. The first-order valence-electron chi connectivity index (χ1n) is 7.35. The lowest BCUT2D eigenvalue weighted by molar-refractivity contribution is -0.890. The number of hydrogen-bond acceptors (Lipinski definition) is 2. The average Bonchev–Trinajstić information content (AvgIpc) is 2.22. The molecular formula is C15H33NO2. The maximum absolute atomic E-state index is 8.89. The molecule has 18 heavy (non-hydrogen) atoms. The third-order valence-electron chi connectivity index (χ3n) is 2.95. The largest absolute Gasteiger partial charge is 0.550 e. The Morgan fingerprint density at radius 2 is 1.33 bits per heavy atom. The van der Waals surface area contributed by atoms with Gasteiger partial charge in [0.2, 0.25) is 0 Å². The Morgan fingerprint density at radius 3 is 1.78 bits per heavy atom. The van der Waals surface area contributed by atoms with Crippen molar-refractivity contribution in [2.75, 3.05) is 27.2 Å². The van der Waals surface area contributed by atoms with Gasteiger partial charge in [-0.25, -0.2) is 0 Å². The highest BCUT2D eigenvalue weighted by molar-refractivity contribution is 5.60. The van der Waals surface area contributed by atoms with Crippen molar-refractivity contribution in [3.05, 3.63) is 0 Å². The number of carboxylic acids is 1. The smallest absolute Gasteiger partial charge is 0.0782 e. The Bertz CT molecular complexity index is 187. The molecule has 110 valence electrons. The van der Waals surface area contributed by atoms with E-state index in [1.807, 2.05) is 0 Å². The molecule has 0 aliphatic heterocycles. The van der Waals surface area contributed by atoms with Crippen LogP contribution < -0.4 is 5.11 Å². The Hall–Kier alpha value is -0.570. The molecule has 3 nitrogen and oxygen atoms in total. The number of nitrogens with zero attached hydrogens (tertiary/aromatic N) is 1. The van der Waals surface area contributed by atoms with Gasteiger partial charge in [0.1, 0.15) is 0 Å². The van der Waals surface area contributed by atoms with E-state index in [4.69, 9.17) is 9.90 Å². The van der Waals surface area contributed by atoms with Crippen LogP contribution in [0.4, 0.5) is 0 Å². The van der Waals surface area contributed by atoms with E-state index < -0.39 is 5.97 Å². The molecule has 0 amide bonds. The highest BCUT2D eigenvalue weighted by Gasteiger charge is 2.11.